The fourth-order valence-corrected chi connectivity index (χ4v) is 1.90. The van der Waals surface area contributed by atoms with Gasteiger partial charge in [-0.15, -0.1) is 0 Å². The van der Waals surface area contributed by atoms with Crippen LogP contribution in [0.4, 0.5) is 0 Å². The lowest BCUT2D eigenvalue weighted by Crippen LogP contribution is -2.42. The summed E-state index contributed by atoms with van der Waals surface area (Å²) in [6.07, 6.45) is 6.51. The molecule has 0 radical (unpaired) electrons. The highest BCUT2D eigenvalue weighted by Gasteiger charge is 2.20. The fourth-order valence-electron chi connectivity index (χ4n) is 1.42. The number of aliphatic hydroxyl groups is 1. The Morgan fingerprint density at radius 3 is 2.63 bits per heavy atom. The second kappa shape index (κ2) is 10.9. The molecule has 6 heteroatoms. The maximum Gasteiger partial charge on any atom is 0.326 e. The van der Waals surface area contributed by atoms with Gasteiger partial charge >= 0.3 is 5.97 Å². The molecular formula is C13H23NO4S. The minimum atomic E-state index is -1.04. The minimum absolute atomic E-state index is 0.108. The van der Waals surface area contributed by atoms with Crippen molar-refractivity contribution < 1.29 is 19.8 Å². The van der Waals surface area contributed by atoms with Gasteiger partial charge in [-0.3, -0.25) is 4.79 Å². The molecule has 0 saturated heterocycles. The van der Waals surface area contributed by atoms with Gasteiger partial charge in [-0.1, -0.05) is 25.5 Å². The van der Waals surface area contributed by atoms with Crippen LogP contribution in [0.15, 0.2) is 12.2 Å². The highest BCUT2D eigenvalue weighted by atomic mass is 32.2. The van der Waals surface area contributed by atoms with E-state index in [0.29, 0.717) is 12.2 Å². The van der Waals surface area contributed by atoms with Gasteiger partial charge in [-0.05, 0) is 24.9 Å². The first-order valence-corrected chi connectivity index (χ1v) is 7.76. The molecule has 0 aliphatic heterocycles. The van der Waals surface area contributed by atoms with Crippen molar-refractivity contribution >= 4 is 23.6 Å². The van der Waals surface area contributed by atoms with Gasteiger partial charge in [-0.2, -0.15) is 11.8 Å². The lowest BCUT2D eigenvalue weighted by Gasteiger charge is -2.14. The summed E-state index contributed by atoms with van der Waals surface area (Å²) in [5.41, 5.74) is 0. The van der Waals surface area contributed by atoms with E-state index >= 15 is 0 Å². The van der Waals surface area contributed by atoms with Crippen molar-refractivity contribution in [3.8, 4) is 0 Å². The van der Waals surface area contributed by atoms with Crippen molar-refractivity contribution in [3.63, 3.8) is 0 Å². The molecule has 0 saturated carbocycles. The number of carbonyl (C=O) groups is 2. The van der Waals surface area contributed by atoms with Crippen LogP contribution in [0.25, 0.3) is 0 Å². The zero-order valence-corrected chi connectivity index (χ0v) is 12.3. The molecule has 0 aromatic rings. The standard InChI is InChI=1S/C13H23NO4S/c1-3-4-5-6-10(15)9-12(16)14-11(13(17)18)7-8-19-2/h5-6,10-11,15H,3-4,7-9H2,1-2H3,(H,14,16)(H,17,18)/b6-5+/t10?,11-/m0/s1. The SMILES string of the molecule is CCC/C=C/C(O)CC(=O)N[C@@H](CCSC)C(=O)O. The maximum absolute atomic E-state index is 11.6. The molecule has 0 aliphatic carbocycles. The third kappa shape index (κ3) is 9.55. The van der Waals surface area contributed by atoms with Crippen molar-refractivity contribution in [1.29, 1.82) is 0 Å². The van der Waals surface area contributed by atoms with Gasteiger partial charge in [0.2, 0.25) is 5.91 Å². The number of unbranched alkanes of at least 4 members (excludes halogenated alkanes) is 1. The second-order valence-corrected chi connectivity index (χ2v) is 5.21. The lowest BCUT2D eigenvalue weighted by molar-refractivity contribution is -0.142. The Kier molecular flexibility index (Phi) is 10.3. The molecular weight excluding hydrogens is 266 g/mol. The topological polar surface area (TPSA) is 86.6 Å². The van der Waals surface area contributed by atoms with Gasteiger partial charge in [0.25, 0.3) is 0 Å². The summed E-state index contributed by atoms with van der Waals surface area (Å²) in [6, 6.07) is -0.883. The molecule has 0 aromatic heterocycles. The zero-order valence-electron chi connectivity index (χ0n) is 11.5. The molecule has 19 heavy (non-hydrogen) atoms. The van der Waals surface area contributed by atoms with E-state index in [2.05, 4.69) is 5.32 Å². The van der Waals surface area contributed by atoms with Crippen molar-refractivity contribution in [2.45, 2.75) is 44.8 Å². The number of carboxylic acids is 1. The first-order valence-electron chi connectivity index (χ1n) is 6.37. The molecule has 110 valence electrons. The van der Waals surface area contributed by atoms with E-state index in [0.717, 1.165) is 12.8 Å². The first-order chi connectivity index (χ1) is 9.01. The average molecular weight is 289 g/mol. The average Bonchev–Trinajstić information content (AvgIpc) is 2.34. The number of aliphatic hydroxyl groups excluding tert-OH is 1. The molecule has 0 bridgehead atoms. The number of hydrogen-bond acceptors (Lipinski definition) is 4. The van der Waals surface area contributed by atoms with E-state index < -0.39 is 24.0 Å². The number of amides is 1. The summed E-state index contributed by atoms with van der Waals surface area (Å²) in [4.78, 5) is 22.5. The number of carbonyl (C=O) groups excluding carboxylic acids is 1. The molecule has 0 spiro atoms. The van der Waals surface area contributed by atoms with Crippen LogP contribution in [0.1, 0.15) is 32.6 Å². The van der Waals surface area contributed by atoms with Gasteiger partial charge in [0.15, 0.2) is 0 Å². The number of nitrogens with one attached hydrogen (secondary N) is 1. The molecule has 1 amide bonds. The third-order valence-corrected chi connectivity index (χ3v) is 3.10. The van der Waals surface area contributed by atoms with Crippen LogP contribution in [-0.2, 0) is 9.59 Å². The highest BCUT2D eigenvalue weighted by molar-refractivity contribution is 7.98. The monoisotopic (exact) mass is 289 g/mol. The van der Waals surface area contributed by atoms with E-state index in [1.54, 1.807) is 6.08 Å². The van der Waals surface area contributed by atoms with Crippen LogP contribution in [0, 0.1) is 0 Å². The molecule has 0 aromatic carbocycles. The molecule has 0 aliphatic rings. The molecule has 3 N–H and O–H groups in total. The molecule has 0 heterocycles. The van der Waals surface area contributed by atoms with E-state index in [-0.39, 0.29) is 6.42 Å². The number of allylic oxidation sites excluding steroid dienone is 1. The Labute approximate surface area is 118 Å². The van der Waals surface area contributed by atoms with Gasteiger partial charge in [0.05, 0.1) is 12.5 Å². The Morgan fingerprint density at radius 2 is 2.11 bits per heavy atom. The molecule has 0 rings (SSSR count). The van der Waals surface area contributed by atoms with Gasteiger partial charge in [0, 0.05) is 0 Å². The van der Waals surface area contributed by atoms with Crippen molar-refractivity contribution in [2.75, 3.05) is 12.0 Å². The van der Waals surface area contributed by atoms with Crippen molar-refractivity contribution in [1.82, 2.24) is 5.32 Å². The summed E-state index contributed by atoms with van der Waals surface area (Å²) in [6.45, 7) is 2.02. The summed E-state index contributed by atoms with van der Waals surface area (Å²) in [5.74, 6) is -0.823. The van der Waals surface area contributed by atoms with Crippen LogP contribution in [0.3, 0.4) is 0 Å². The summed E-state index contributed by atoms with van der Waals surface area (Å²) in [7, 11) is 0. The van der Waals surface area contributed by atoms with E-state index in [1.807, 2.05) is 19.3 Å². The van der Waals surface area contributed by atoms with E-state index in [9.17, 15) is 14.7 Å². The quantitative estimate of drug-likeness (QED) is 0.529. The Balaban J connectivity index is 4.14. The predicted octanol–water partition coefficient (Wildman–Crippen LogP) is 1.42. The molecule has 0 fully saturated rings. The van der Waals surface area contributed by atoms with Crippen LogP contribution >= 0.6 is 11.8 Å². The van der Waals surface area contributed by atoms with Crippen LogP contribution in [0.2, 0.25) is 0 Å². The van der Waals surface area contributed by atoms with Gasteiger partial charge < -0.3 is 15.5 Å². The normalized spacial score (nSPS) is 14.3. The number of hydrogen-bond donors (Lipinski definition) is 3. The Morgan fingerprint density at radius 1 is 1.42 bits per heavy atom. The zero-order chi connectivity index (χ0) is 14.7. The first kappa shape index (κ1) is 18.0. The third-order valence-electron chi connectivity index (χ3n) is 2.45. The second-order valence-electron chi connectivity index (χ2n) is 4.23. The van der Waals surface area contributed by atoms with Crippen molar-refractivity contribution in [2.24, 2.45) is 0 Å². The van der Waals surface area contributed by atoms with Gasteiger partial charge in [0.1, 0.15) is 6.04 Å². The largest absolute Gasteiger partial charge is 0.480 e. The van der Waals surface area contributed by atoms with Gasteiger partial charge in [-0.25, -0.2) is 4.79 Å². The molecule has 5 nitrogen and oxygen atoms in total. The van der Waals surface area contributed by atoms with Crippen molar-refractivity contribution in [3.05, 3.63) is 12.2 Å². The number of carboxylic acid groups (broad SMARTS) is 1. The highest BCUT2D eigenvalue weighted by Crippen LogP contribution is 2.03. The summed E-state index contributed by atoms with van der Waals surface area (Å²) >= 11 is 1.53. The summed E-state index contributed by atoms with van der Waals surface area (Å²) < 4.78 is 0. The van der Waals surface area contributed by atoms with E-state index in [4.69, 9.17) is 5.11 Å². The Bertz CT molecular complexity index is 307. The summed E-state index contributed by atoms with van der Waals surface area (Å²) in [5, 5.41) is 21.0. The molecule has 2 atom stereocenters. The smallest absolute Gasteiger partial charge is 0.326 e. The maximum atomic E-state index is 11.6. The molecule has 1 unspecified atom stereocenters. The minimum Gasteiger partial charge on any atom is -0.480 e. The van der Waals surface area contributed by atoms with Crippen LogP contribution in [0.5, 0.6) is 0 Å². The van der Waals surface area contributed by atoms with Crippen LogP contribution in [-0.4, -0.2) is 46.2 Å². The fraction of sp³-hybridized carbons (Fsp3) is 0.692. The number of rotatable bonds is 10. The number of aliphatic carboxylic acids is 1. The predicted molar refractivity (Wildman–Crippen MR) is 77.2 cm³/mol. The van der Waals surface area contributed by atoms with E-state index in [1.165, 1.54) is 11.8 Å². The van der Waals surface area contributed by atoms with Crippen LogP contribution < -0.4 is 5.32 Å². The lowest BCUT2D eigenvalue weighted by atomic mass is 10.1. The number of thioether (sulfide) groups is 1. The Hall–Kier alpha value is -1.01.